The standard InChI is InChI=1S/C24H23ClN2O5S/c1-16-4-10-20(11-5-16)27(33(30,31)21-12-8-19(25)9-13-21)15-23(28)26-22-14-18(24(29)32-3)7-6-17(22)2/h4-14H,15H2,1-3H3,(H,26,28). The number of nitrogens with zero attached hydrogens (tertiary/aromatic N) is 1. The van der Waals surface area contributed by atoms with Gasteiger partial charge >= 0.3 is 5.97 Å². The summed E-state index contributed by atoms with van der Waals surface area (Å²) in [7, 11) is -2.80. The van der Waals surface area contributed by atoms with Gasteiger partial charge in [0.2, 0.25) is 5.91 Å². The Kier molecular flexibility index (Phi) is 7.40. The summed E-state index contributed by atoms with van der Waals surface area (Å²) in [5.74, 6) is -1.12. The first-order valence-corrected chi connectivity index (χ1v) is 11.8. The fourth-order valence-corrected chi connectivity index (χ4v) is 4.63. The number of sulfonamides is 1. The molecule has 0 bridgehead atoms. The van der Waals surface area contributed by atoms with Gasteiger partial charge in [-0.2, -0.15) is 0 Å². The van der Waals surface area contributed by atoms with Crippen LogP contribution in [0.25, 0.3) is 0 Å². The van der Waals surface area contributed by atoms with Gasteiger partial charge in [-0.05, 0) is 67.9 Å². The van der Waals surface area contributed by atoms with Crippen molar-refractivity contribution in [2.45, 2.75) is 18.7 Å². The van der Waals surface area contributed by atoms with Crippen molar-refractivity contribution in [1.82, 2.24) is 0 Å². The van der Waals surface area contributed by atoms with Crippen molar-refractivity contribution in [2.24, 2.45) is 0 Å². The third-order valence-electron chi connectivity index (χ3n) is 4.94. The Hall–Kier alpha value is -3.36. The van der Waals surface area contributed by atoms with Crippen LogP contribution in [-0.4, -0.2) is 33.9 Å². The second kappa shape index (κ2) is 10.1. The summed E-state index contributed by atoms with van der Waals surface area (Å²) in [6.07, 6.45) is 0. The summed E-state index contributed by atoms with van der Waals surface area (Å²) in [6.45, 7) is 3.17. The molecule has 172 valence electrons. The fourth-order valence-electron chi connectivity index (χ4n) is 3.08. The number of hydrogen-bond donors (Lipinski definition) is 1. The SMILES string of the molecule is COC(=O)c1ccc(C)c(NC(=O)CN(c2ccc(C)cc2)S(=O)(=O)c2ccc(Cl)cc2)c1. The number of amides is 1. The van der Waals surface area contributed by atoms with E-state index in [4.69, 9.17) is 16.3 Å². The average molecular weight is 487 g/mol. The summed E-state index contributed by atoms with van der Waals surface area (Å²) in [5, 5.41) is 3.10. The van der Waals surface area contributed by atoms with E-state index in [9.17, 15) is 18.0 Å². The van der Waals surface area contributed by atoms with Crippen LogP contribution >= 0.6 is 11.6 Å². The van der Waals surface area contributed by atoms with Gasteiger partial charge < -0.3 is 10.1 Å². The summed E-state index contributed by atoms with van der Waals surface area (Å²) in [6, 6.07) is 17.3. The van der Waals surface area contributed by atoms with Crippen LogP contribution in [0, 0.1) is 13.8 Å². The van der Waals surface area contributed by atoms with Gasteiger partial charge in [0, 0.05) is 10.7 Å². The number of carbonyl (C=O) groups is 2. The van der Waals surface area contributed by atoms with Gasteiger partial charge in [-0.15, -0.1) is 0 Å². The predicted octanol–water partition coefficient (Wildman–Crippen LogP) is 4.58. The van der Waals surface area contributed by atoms with E-state index in [0.717, 1.165) is 9.87 Å². The maximum Gasteiger partial charge on any atom is 0.337 e. The number of nitrogens with one attached hydrogen (secondary N) is 1. The summed E-state index contributed by atoms with van der Waals surface area (Å²) >= 11 is 5.91. The van der Waals surface area contributed by atoms with Crippen molar-refractivity contribution in [3.05, 3.63) is 88.4 Å². The summed E-state index contributed by atoms with van der Waals surface area (Å²) in [5.41, 5.74) is 2.64. The van der Waals surface area contributed by atoms with E-state index in [1.54, 1.807) is 43.3 Å². The van der Waals surface area contributed by atoms with Gasteiger partial charge in [0.25, 0.3) is 10.0 Å². The number of hydrogen-bond acceptors (Lipinski definition) is 5. The molecular formula is C24H23ClN2O5S. The highest BCUT2D eigenvalue weighted by Crippen LogP contribution is 2.26. The molecule has 0 aliphatic carbocycles. The van der Waals surface area contributed by atoms with Crippen LogP contribution in [0.1, 0.15) is 21.5 Å². The van der Waals surface area contributed by atoms with E-state index in [0.29, 0.717) is 22.0 Å². The number of anilines is 2. The van der Waals surface area contributed by atoms with Crippen LogP contribution in [0.4, 0.5) is 11.4 Å². The van der Waals surface area contributed by atoms with Gasteiger partial charge in [-0.1, -0.05) is 35.4 Å². The van der Waals surface area contributed by atoms with E-state index < -0.39 is 28.4 Å². The van der Waals surface area contributed by atoms with Crippen LogP contribution in [-0.2, 0) is 19.6 Å². The number of carbonyl (C=O) groups excluding carboxylic acids is 2. The molecule has 0 saturated carbocycles. The quantitative estimate of drug-likeness (QED) is 0.493. The first-order valence-electron chi connectivity index (χ1n) is 9.95. The molecule has 0 atom stereocenters. The second-order valence-electron chi connectivity index (χ2n) is 7.37. The number of aryl methyl sites for hydroxylation is 2. The number of ether oxygens (including phenoxy) is 1. The lowest BCUT2D eigenvalue weighted by molar-refractivity contribution is -0.114. The number of methoxy groups -OCH3 is 1. The van der Waals surface area contributed by atoms with Crippen molar-refractivity contribution < 1.29 is 22.7 Å². The summed E-state index contributed by atoms with van der Waals surface area (Å²) < 4.78 is 32.6. The Morgan fingerprint density at radius 2 is 1.61 bits per heavy atom. The minimum absolute atomic E-state index is 0.00384. The first-order chi connectivity index (χ1) is 15.6. The van der Waals surface area contributed by atoms with Gasteiger partial charge in [-0.25, -0.2) is 13.2 Å². The van der Waals surface area contributed by atoms with Crippen molar-refractivity contribution in [2.75, 3.05) is 23.3 Å². The Balaban J connectivity index is 1.94. The van der Waals surface area contributed by atoms with Crippen LogP contribution in [0.2, 0.25) is 5.02 Å². The largest absolute Gasteiger partial charge is 0.465 e. The maximum absolute atomic E-state index is 13.4. The van der Waals surface area contributed by atoms with Crippen LogP contribution in [0.5, 0.6) is 0 Å². The second-order valence-corrected chi connectivity index (χ2v) is 9.67. The fraction of sp³-hybridized carbons (Fsp3) is 0.167. The topological polar surface area (TPSA) is 92.8 Å². The van der Waals surface area contributed by atoms with Gasteiger partial charge in [-0.3, -0.25) is 9.10 Å². The first kappa shape index (κ1) is 24.3. The molecular weight excluding hydrogens is 464 g/mol. The van der Waals surface area contributed by atoms with Crippen molar-refractivity contribution in [1.29, 1.82) is 0 Å². The highest BCUT2D eigenvalue weighted by Gasteiger charge is 2.27. The van der Waals surface area contributed by atoms with Crippen LogP contribution < -0.4 is 9.62 Å². The zero-order valence-corrected chi connectivity index (χ0v) is 19.9. The molecule has 3 aromatic rings. The molecule has 1 amide bonds. The molecule has 3 aromatic carbocycles. The molecule has 3 rings (SSSR count). The molecule has 0 aliphatic heterocycles. The molecule has 0 aliphatic rings. The van der Waals surface area contributed by atoms with E-state index in [2.05, 4.69) is 5.32 Å². The van der Waals surface area contributed by atoms with Crippen molar-refractivity contribution in [3.63, 3.8) is 0 Å². The zero-order valence-electron chi connectivity index (χ0n) is 18.3. The Morgan fingerprint density at radius 1 is 0.970 bits per heavy atom. The number of halogens is 1. The molecule has 0 heterocycles. The van der Waals surface area contributed by atoms with Crippen molar-refractivity contribution in [3.8, 4) is 0 Å². The van der Waals surface area contributed by atoms with Crippen molar-refractivity contribution >= 4 is 44.9 Å². The Labute approximate surface area is 198 Å². The van der Waals surface area contributed by atoms with Crippen LogP contribution in [0.3, 0.4) is 0 Å². The smallest absolute Gasteiger partial charge is 0.337 e. The normalized spacial score (nSPS) is 11.0. The lowest BCUT2D eigenvalue weighted by Gasteiger charge is -2.24. The van der Waals surface area contributed by atoms with Crippen LogP contribution in [0.15, 0.2) is 71.6 Å². The highest BCUT2D eigenvalue weighted by atomic mass is 35.5. The number of benzene rings is 3. The highest BCUT2D eigenvalue weighted by molar-refractivity contribution is 7.92. The minimum Gasteiger partial charge on any atom is -0.465 e. The molecule has 0 fully saturated rings. The monoisotopic (exact) mass is 486 g/mol. The summed E-state index contributed by atoms with van der Waals surface area (Å²) in [4.78, 5) is 24.8. The zero-order chi connectivity index (χ0) is 24.2. The van der Waals surface area contributed by atoms with E-state index in [1.807, 2.05) is 6.92 Å². The molecule has 0 aromatic heterocycles. The minimum atomic E-state index is -4.07. The predicted molar refractivity (Wildman–Crippen MR) is 128 cm³/mol. The lowest BCUT2D eigenvalue weighted by atomic mass is 10.1. The van der Waals surface area contributed by atoms with Gasteiger partial charge in [0.1, 0.15) is 6.54 Å². The number of esters is 1. The van der Waals surface area contributed by atoms with E-state index in [-0.39, 0.29) is 10.5 Å². The number of rotatable bonds is 7. The van der Waals surface area contributed by atoms with Gasteiger partial charge in [0.15, 0.2) is 0 Å². The molecule has 0 saturated heterocycles. The third kappa shape index (κ3) is 5.71. The molecule has 0 unspecified atom stereocenters. The lowest BCUT2D eigenvalue weighted by Crippen LogP contribution is -2.38. The van der Waals surface area contributed by atoms with E-state index >= 15 is 0 Å². The molecule has 9 heteroatoms. The molecule has 33 heavy (non-hydrogen) atoms. The average Bonchev–Trinajstić information content (AvgIpc) is 2.79. The maximum atomic E-state index is 13.4. The molecule has 0 spiro atoms. The molecule has 7 nitrogen and oxygen atoms in total. The molecule has 1 N–H and O–H groups in total. The Morgan fingerprint density at radius 3 is 2.21 bits per heavy atom. The Bertz CT molecular complexity index is 1270. The van der Waals surface area contributed by atoms with Gasteiger partial charge in [0.05, 0.1) is 23.3 Å². The van der Waals surface area contributed by atoms with E-state index in [1.165, 1.54) is 37.4 Å². The molecule has 0 radical (unpaired) electrons. The third-order valence-corrected chi connectivity index (χ3v) is 6.98.